The largest absolute Gasteiger partial charge is 0.743 e. The number of nitrogens with one attached hydrogen (secondary N) is 1. The van der Waals surface area contributed by atoms with E-state index < -0.39 is 44.8 Å². The van der Waals surface area contributed by atoms with Crippen LogP contribution in [0.3, 0.4) is 0 Å². The molecule has 1 atom stereocenters. The first-order valence-electron chi connectivity index (χ1n) is 5.37. The molecule has 0 fully saturated rings. The number of halogens is 6. The van der Waals surface area contributed by atoms with Gasteiger partial charge in [-0.2, -0.15) is 22.0 Å². The van der Waals surface area contributed by atoms with E-state index in [2.05, 4.69) is 0 Å². The van der Waals surface area contributed by atoms with Crippen molar-refractivity contribution in [2.45, 2.75) is 17.5 Å². The molecule has 23 heavy (non-hydrogen) atoms. The predicted octanol–water partition coefficient (Wildman–Crippen LogP) is 1.80. The average molecular weight is 474 g/mol. The first-order valence-corrected chi connectivity index (χ1v) is 7.86. The van der Waals surface area contributed by atoms with Gasteiger partial charge in [-0.25, -0.2) is 8.42 Å². The number of hydrogen-bond acceptors (Lipinski definition) is 5. The normalized spacial score (nSPS) is 14.4. The highest BCUT2D eigenvalue weighted by molar-refractivity contribution is 14.1. The maximum absolute atomic E-state index is 13.2. The fourth-order valence-corrected chi connectivity index (χ4v) is 2.19. The Morgan fingerprint density at radius 1 is 1.26 bits per heavy atom. The van der Waals surface area contributed by atoms with Crippen LogP contribution in [0.5, 0.6) is 5.75 Å². The number of amides is 1. The van der Waals surface area contributed by atoms with Gasteiger partial charge < -0.3 is 15.0 Å². The van der Waals surface area contributed by atoms with E-state index in [0.717, 1.165) is 17.4 Å². The van der Waals surface area contributed by atoms with E-state index in [0.29, 0.717) is 6.07 Å². The number of carbonyl (C=O) groups excluding carboxylic acids is 1. The number of benzene rings is 1. The van der Waals surface area contributed by atoms with E-state index in [1.54, 1.807) is 22.6 Å². The third kappa shape index (κ3) is 4.41. The van der Waals surface area contributed by atoms with Crippen LogP contribution in [0.1, 0.15) is 10.4 Å². The molecular weight excluding hydrogens is 468 g/mol. The minimum atomic E-state index is -6.70. The minimum Gasteiger partial charge on any atom is -0.743 e. The molecule has 0 aliphatic carbocycles. The fourth-order valence-electron chi connectivity index (χ4n) is 1.37. The fraction of sp³-hybridized carbons (Fsp3) is 0.300. The zero-order valence-corrected chi connectivity index (χ0v) is 13.5. The Labute approximate surface area is 139 Å². The van der Waals surface area contributed by atoms with E-state index in [4.69, 9.17) is 0 Å². The van der Waals surface area contributed by atoms with Gasteiger partial charge >= 0.3 is 11.4 Å². The Morgan fingerprint density at radius 2 is 1.78 bits per heavy atom. The number of aromatic hydroxyl groups is 1. The van der Waals surface area contributed by atoms with Gasteiger partial charge in [-0.3, -0.25) is 4.79 Å². The topological polar surface area (TPSA) is 107 Å². The molecule has 0 saturated heterocycles. The molecule has 1 aromatic carbocycles. The summed E-state index contributed by atoms with van der Waals surface area (Å²) in [7, 11) is -6.70. The van der Waals surface area contributed by atoms with Crippen molar-refractivity contribution in [3.05, 3.63) is 27.3 Å². The summed E-state index contributed by atoms with van der Waals surface area (Å²) in [4.78, 5) is 11.6. The van der Waals surface area contributed by atoms with Gasteiger partial charge in [-0.15, -0.1) is 0 Å². The molecule has 0 saturated carbocycles. The van der Waals surface area contributed by atoms with Gasteiger partial charge in [0.05, 0.1) is 3.57 Å². The van der Waals surface area contributed by atoms with Gasteiger partial charge in [0.25, 0.3) is 5.91 Å². The summed E-state index contributed by atoms with van der Waals surface area (Å²) in [5.74, 6) is -2.26. The van der Waals surface area contributed by atoms with Crippen LogP contribution in [0.15, 0.2) is 18.2 Å². The minimum absolute atomic E-state index is 0.221. The van der Waals surface area contributed by atoms with E-state index in [-0.39, 0.29) is 3.57 Å². The summed E-state index contributed by atoms with van der Waals surface area (Å²) in [6.45, 7) is 0. The Hall–Kier alpha value is -1.22. The molecule has 0 heterocycles. The van der Waals surface area contributed by atoms with Crippen molar-refractivity contribution in [1.29, 1.82) is 0 Å². The Morgan fingerprint density at radius 3 is 2.17 bits per heavy atom. The molecule has 13 heteroatoms. The van der Waals surface area contributed by atoms with Crippen molar-refractivity contribution in [2.75, 3.05) is 0 Å². The van der Waals surface area contributed by atoms with Crippen molar-refractivity contribution in [3.8, 4) is 5.75 Å². The zero-order chi connectivity index (χ0) is 18.2. The van der Waals surface area contributed by atoms with Gasteiger partial charge in [0.1, 0.15) is 5.75 Å². The Balaban J connectivity index is 3.22. The van der Waals surface area contributed by atoms with Gasteiger partial charge in [0, 0.05) is 5.56 Å². The van der Waals surface area contributed by atoms with Crippen LogP contribution in [0.25, 0.3) is 0 Å². The monoisotopic (exact) mass is 474 g/mol. The SMILES string of the molecule is O=C(NC(C(F)(F)F)C(F)(F)S(=O)(=O)[O-])c1ccc(I)c(O)c1. The van der Waals surface area contributed by atoms with Crippen molar-refractivity contribution < 1.29 is 44.8 Å². The van der Waals surface area contributed by atoms with Crippen LogP contribution in [0.4, 0.5) is 22.0 Å². The first-order chi connectivity index (χ1) is 10.2. The second-order valence-electron chi connectivity index (χ2n) is 4.13. The van der Waals surface area contributed by atoms with Crippen LogP contribution < -0.4 is 5.32 Å². The van der Waals surface area contributed by atoms with Crippen molar-refractivity contribution in [3.63, 3.8) is 0 Å². The Kier molecular flexibility index (Phi) is 5.47. The maximum atomic E-state index is 13.2. The predicted molar refractivity (Wildman–Crippen MR) is 72.8 cm³/mol. The van der Waals surface area contributed by atoms with Gasteiger partial charge in [0.2, 0.25) is 6.04 Å². The second kappa shape index (κ2) is 6.35. The van der Waals surface area contributed by atoms with Crippen LogP contribution >= 0.6 is 22.6 Å². The zero-order valence-electron chi connectivity index (χ0n) is 10.6. The highest BCUT2D eigenvalue weighted by Crippen LogP contribution is 2.35. The summed E-state index contributed by atoms with van der Waals surface area (Å²) in [5, 5.41) is 4.28. The number of phenolic OH excluding ortho intramolecular Hbond substituents is 1. The Bertz CT molecular complexity index is 721. The summed E-state index contributed by atoms with van der Waals surface area (Å²) < 4.78 is 95.6. The average Bonchev–Trinajstić information content (AvgIpc) is 2.35. The number of hydrogen-bond donors (Lipinski definition) is 2. The summed E-state index contributed by atoms with van der Waals surface area (Å²) in [6, 6.07) is -1.54. The molecule has 6 nitrogen and oxygen atoms in total. The van der Waals surface area contributed by atoms with E-state index >= 15 is 0 Å². The van der Waals surface area contributed by atoms with Crippen LogP contribution in [-0.2, 0) is 10.1 Å². The van der Waals surface area contributed by atoms with Crippen molar-refractivity contribution in [2.24, 2.45) is 0 Å². The maximum Gasteiger partial charge on any atom is 0.415 e. The highest BCUT2D eigenvalue weighted by Gasteiger charge is 2.60. The highest BCUT2D eigenvalue weighted by atomic mass is 127. The molecule has 1 rings (SSSR count). The third-order valence-electron chi connectivity index (χ3n) is 2.48. The van der Waals surface area contributed by atoms with Crippen molar-refractivity contribution in [1.82, 2.24) is 5.32 Å². The van der Waals surface area contributed by atoms with E-state index in [1.807, 2.05) is 0 Å². The summed E-state index contributed by atoms with van der Waals surface area (Å²) in [6.07, 6.45) is -5.91. The molecule has 130 valence electrons. The lowest BCUT2D eigenvalue weighted by Crippen LogP contribution is -2.59. The number of phenols is 1. The molecule has 0 aliphatic heterocycles. The first kappa shape index (κ1) is 19.8. The van der Waals surface area contributed by atoms with Crippen molar-refractivity contribution >= 4 is 38.6 Å². The molecule has 1 aromatic rings. The molecule has 0 aliphatic rings. The van der Waals surface area contributed by atoms with Gasteiger partial charge in [0.15, 0.2) is 10.1 Å². The molecule has 1 amide bonds. The molecule has 0 radical (unpaired) electrons. The second-order valence-corrected chi connectivity index (χ2v) is 6.74. The van der Waals surface area contributed by atoms with Crippen LogP contribution in [-0.4, -0.2) is 41.5 Å². The molecule has 0 bridgehead atoms. The lowest BCUT2D eigenvalue weighted by atomic mass is 10.2. The molecule has 0 aromatic heterocycles. The third-order valence-corrected chi connectivity index (χ3v) is 4.30. The lowest BCUT2D eigenvalue weighted by molar-refractivity contribution is -0.191. The van der Waals surface area contributed by atoms with E-state index in [1.165, 1.54) is 0 Å². The number of alkyl halides is 5. The standard InChI is InChI=1S/C10H7F5INO5S/c11-9(12,13)8(10(14,15)23(20,21)22)17-7(19)4-1-2-5(16)6(18)3-4/h1-3,8,18H,(H,17,19)(H,20,21,22)/p-1. The summed E-state index contributed by atoms with van der Waals surface area (Å²) in [5.41, 5.74) is -0.642. The lowest BCUT2D eigenvalue weighted by Gasteiger charge is -2.30. The summed E-state index contributed by atoms with van der Waals surface area (Å²) >= 11 is 1.62. The quantitative estimate of drug-likeness (QED) is 0.394. The smallest absolute Gasteiger partial charge is 0.415 e. The van der Waals surface area contributed by atoms with Gasteiger partial charge in [-0.1, -0.05) is 0 Å². The molecular formula is C10H6F5INO5S-. The number of carbonyl (C=O) groups is 1. The number of rotatable bonds is 4. The van der Waals surface area contributed by atoms with Crippen LogP contribution in [0.2, 0.25) is 0 Å². The molecule has 2 N–H and O–H groups in total. The van der Waals surface area contributed by atoms with E-state index in [9.17, 15) is 44.8 Å². The molecule has 1 unspecified atom stereocenters. The van der Waals surface area contributed by atoms with Gasteiger partial charge in [-0.05, 0) is 40.8 Å². The van der Waals surface area contributed by atoms with Crippen LogP contribution in [0, 0.1) is 3.57 Å². The molecule has 0 spiro atoms.